The Balaban J connectivity index is 1.97. The lowest BCUT2D eigenvalue weighted by atomic mass is 10.1. The summed E-state index contributed by atoms with van der Waals surface area (Å²) in [6.45, 7) is 1.79. The van der Waals surface area contributed by atoms with Crippen LogP contribution in [0.3, 0.4) is 0 Å². The molecule has 0 atom stereocenters. The highest BCUT2D eigenvalue weighted by Crippen LogP contribution is 2.37. The van der Waals surface area contributed by atoms with E-state index in [0.29, 0.717) is 23.4 Å². The summed E-state index contributed by atoms with van der Waals surface area (Å²) < 4.78 is 83.1. The van der Waals surface area contributed by atoms with Crippen molar-refractivity contribution in [2.24, 2.45) is 0 Å². The van der Waals surface area contributed by atoms with Gasteiger partial charge in [-0.15, -0.1) is 23.5 Å². The predicted octanol–water partition coefficient (Wildman–Crippen LogP) is 7.74. The maximum Gasteiger partial charge on any atom is 0.416 e. The van der Waals surface area contributed by atoms with Crippen LogP contribution in [0.25, 0.3) is 0 Å². The van der Waals surface area contributed by atoms with Crippen LogP contribution in [-0.2, 0) is 29.4 Å². The number of hydrogen-bond donors (Lipinski definition) is 1. The number of halogens is 6. The summed E-state index contributed by atoms with van der Waals surface area (Å²) in [5.74, 6) is 1.56. The number of benzene rings is 2. The fraction of sp³-hybridized carbons (Fsp3) is 0.300. The quantitative estimate of drug-likeness (QED) is 0.316. The monoisotopic (exact) mass is 513 g/mol. The molecule has 2 rings (SSSR count). The van der Waals surface area contributed by atoms with E-state index in [1.54, 1.807) is 23.9 Å². The highest BCUT2D eigenvalue weighted by atomic mass is 32.2. The minimum Gasteiger partial charge on any atom is -0.444 e. The first-order valence-electron chi connectivity index (χ1n) is 8.99. The average molecular weight is 514 g/mol. The summed E-state index contributed by atoms with van der Waals surface area (Å²) in [7, 11) is 0. The minimum absolute atomic E-state index is 0.0238. The zero-order valence-corrected chi connectivity index (χ0v) is 18.9. The number of thioether (sulfide) groups is 2. The molecule has 0 aromatic heterocycles. The number of amides is 1. The van der Waals surface area contributed by atoms with Gasteiger partial charge >= 0.3 is 18.4 Å². The zero-order chi connectivity index (χ0) is 23.9. The highest BCUT2D eigenvalue weighted by molar-refractivity contribution is 8.46. The standard InChI is InChI=1S/C20H17F6NO2S3/c1-2-31-18(30)32-11-13-5-3-12(4-6-13)10-29-17(28)27-16-8-14(19(21,22)23)7-15(9-16)20(24,25)26/h3-9H,2,10-11H2,1H3,(H,27,28). The molecule has 2 aromatic rings. The topological polar surface area (TPSA) is 38.3 Å². The van der Waals surface area contributed by atoms with E-state index in [1.165, 1.54) is 11.8 Å². The SMILES string of the molecule is CCSC(=S)SCc1ccc(COC(=O)Nc2cc(C(F)(F)F)cc(C(F)(F)F)c2)cc1. The van der Waals surface area contributed by atoms with Crippen LogP contribution in [0.4, 0.5) is 36.8 Å². The summed E-state index contributed by atoms with van der Waals surface area (Å²) in [5, 5.41) is 1.91. The summed E-state index contributed by atoms with van der Waals surface area (Å²) in [6, 6.07) is 7.81. The highest BCUT2D eigenvalue weighted by Gasteiger charge is 2.37. The molecule has 0 spiro atoms. The van der Waals surface area contributed by atoms with Gasteiger partial charge in [-0.25, -0.2) is 4.79 Å². The molecule has 0 bridgehead atoms. The second-order valence-corrected chi connectivity index (χ2v) is 9.73. The summed E-state index contributed by atoms with van der Waals surface area (Å²) in [5.41, 5.74) is -2.16. The van der Waals surface area contributed by atoms with Crippen LogP contribution >= 0.6 is 35.7 Å². The van der Waals surface area contributed by atoms with Crippen LogP contribution in [0.5, 0.6) is 0 Å². The normalized spacial score (nSPS) is 11.8. The largest absolute Gasteiger partial charge is 0.444 e. The Morgan fingerprint density at radius 3 is 1.97 bits per heavy atom. The molecular formula is C20H17F6NO2S3. The first-order valence-corrected chi connectivity index (χ1v) is 11.4. The number of ether oxygens (including phenoxy) is 1. The Morgan fingerprint density at radius 2 is 1.47 bits per heavy atom. The number of nitrogens with one attached hydrogen (secondary N) is 1. The molecule has 0 saturated carbocycles. The van der Waals surface area contributed by atoms with Crippen molar-refractivity contribution < 1.29 is 35.9 Å². The van der Waals surface area contributed by atoms with Gasteiger partial charge in [0.15, 0.2) is 0 Å². The van der Waals surface area contributed by atoms with E-state index in [2.05, 4.69) is 0 Å². The van der Waals surface area contributed by atoms with Gasteiger partial charge in [0.25, 0.3) is 0 Å². The van der Waals surface area contributed by atoms with E-state index in [4.69, 9.17) is 17.0 Å². The van der Waals surface area contributed by atoms with Crippen molar-refractivity contribution >= 4 is 51.1 Å². The maximum atomic E-state index is 12.9. The van der Waals surface area contributed by atoms with Crippen molar-refractivity contribution in [1.82, 2.24) is 0 Å². The number of rotatable bonds is 6. The van der Waals surface area contributed by atoms with Crippen molar-refractivity contribution in [3.8, 4) is 0 Å². The van der Waals surface area contributed by atoms with Gasteiger partial charge in [-0.3, -0.25) is 5.32 Å². The van der Waals surface area contributed by atoms with Crippen LogP contribution in [0.2, 0.25) is 0 Å². The smallest absolute Gasteiger partial charge is 0.416 e. The fourth-order valence-electron chi connectivity index (χ4n) is 2.36. The van der Waals surface area contributed by atoms with Gasteiger partial charge in [0, 0.05) is 11.4 Å². The van der Waals surface area contributed by atoms with Gasteiger partial charge in [0.05, 0.1) is 11.1 Å². The van der Waals surface area contributed by atoms with Gasteiger partial charge in [-0.2, -0.15) is 26.3 Å². The van der Waals surface area contributed by atoms with E-state index in [1.807, 2.05) is 24.4 Å². The summed E-state index contributed by atoms with van der Waals surface area (Å²) >= 11 is 8.29. The Bertz CT molecular complexity index is 914. The molecule has 0 fully saturated rings. The number of anilines is 1. The number of alkyl halides is 6. The van der Waals surface area contributed by atoms with Crippen molar-refractivity contribution in [2.45, 2.75) is 31.6 Å². The molecule has 0 unspecified atom stereocenters. The van der Waals surface area contributed by atoms with Crippen LogP contribution < -0.4 is 5.32 Å². The fourth-order valence-corrected chi connectivity index (χ4v) is 4.47. The molecule has 1 N–H and O–H groups in total. The van der Waals surface area contributed by atoms with E-state index < -0.39 is 35.3 Å². The van der Waals surface area contributed by atoms with Crippen molar-refractivity contribution in [3.05, 3.63) is 64.7 Å². The zero-order valence-electron chi connectivity index (χ0n) is 16.5. The molecule has 1 amide bonds. The molecule has 0 aliphatic rings. The number of hydrogen-bond acceptors (Lipinski definition) is 5. The average Bonchev–Trinajstić information content (AvgIpc) is 2.70. The predicted molar refractivity (Wildman–Crippen MR) is 119 cm³/mol. The molecule has 2 aromatic carbocycles. The molecular weight excluding hydrogens is 496 g/mol. The van der Waals surface area contributed by atoms with Gasteiger partial charge in [-0.1, -0.05) is 43.4 Å². The van der Waals surface area contributed by atoms with E-state index in [-0.39, 0.29) is 12.7 Å². The lowest BCUT2D eigenvalue weighted by molar-refractivity contribution is -0.143. The lowest BCUT2D eigenvalue weighted by Gasteiger charge is -2.15. The first-order chi connectivity index (χ1) is 14.9. The van der Waals surface area contributed by atoms with E-state index in [9.17, 15) is 31.1 Å². The van der Waals surface area contributed by atoms with Crippen LogP contribution in [-0.4, -0.2) is 15.4 Å². The molecule has 3 nitrogen and oxygen atoms in total. The molecule has 0 heterocycles. The lowest BCUT2D eigenvalue weighted by Crippen LogP contribution is -2.16. The molecule has 174 valence electrons. The van der Waals surface area contributed by atoms with E-state index >= 15 is 0 Å². The third-order valence-corrected chi connectivity index (χ3v) is 6.50. The second kappa shape index (κ2) is 11.3. The van der Waals surface area contributed by atoms with Gasteiger partial charge in [0.1, 0.15) is 10.1 Å². The maximum absolute atomic E-state index is 12.9. The molecule has 32 heavy (non-hydrogen) atoms. The molecule has 0 saturated heterocycles. The summed E-state index contributed by atoms with van der Waals surface area (Å²) in [4.78, 5) is 11.9. The number of thiocarbonyl (C=S) groups is 1. The third kappa shape index (κ3) is 8.55. The minimum atomic E-state index is -5.01. The summed E-state index contributed by atoms with van der Waals surface area (Å²) in [6.07, 6.45) is -11.2. The Kier molecular flexibility index (Phi) is 9.28. The van der Waals surface area contributed by atoms with E-state index in [0.717, 1.165) is 14.8 Å². The molecule has 12 heteroatoms. The van der Waals surface area contributed by atoms with Gasteiger partial charge in [-0.05, 0) is 35.1 Å². The van der Waals surface area contributed by atoms with Crippen LogP contribution in [0.15, 0.2) is 42.5 Å². The third-order valence-electron chi connectivity index (χ3n) is 3.85. The second-order valence-electron chi connectivity index (χ2n) is 6.28. The Labute approximate surface area is 194 Å². The first kappa shape index (κ1) is 26.3. The van der Waals surface area contributed by atoms with Gasteiger partial charge < -0.3 is 4.74 Å². The van der Waals surface area contributed by atoms with Gasteiger partial charge in [0.2, 0.25) is 0 Å². The van der Waals surface area contributed by atoms with Crippen molar-refractivity contribution in [3.63, 3.8) is 0 Å². The van der Waals surface area contributed by atoms with Crippen molar-refractivity contribution in [1.29, 1.82) is 0 Å². The van der Waals surface area contributed by atoms with Crippen LogP contribution in [0.1, 0.15) is 29.2 Å². The Hall–Kier alpha value is -1.92. The number of carbonyl (C=O) groups excluding carboxylic acids is 1. The molecule has 0 radical (unpaired) electrons. The molecule has 0 aliphatic carbocycles. The Morgan fingerprint density at radius 1 is 0.938 bits per heavy atom. The van der Waals surface area contributed by atoms with Crippen molar-refractivity contribution in [2.75, 3.05) is 11.1 Å². The van der Waals surface area contributed by atoms with Crippen LogP contribution in [0, 0.1) is 0 Å². The molecule has 0 aliphatic heterocycles. The number of carbonyl (C=O) groups is 1.